The highest BCUT2D eigenvalue weighted by Crippen LogP contribution is 2.54. The summed E-state index contributed by atoms with van der Waals surface area (Å²) in [6.45, 7) is 2.01. The number of nitrogens with two attached hydrogens (primary N) is 1. The number of anilines is 1. The molecule has 1 aromatic rings. The summed E-state index contributed by atoms with van der Waals surface area (Å²) in [6, 6.07) is 6.65. The third-order valence-electron chi connectivity index (χ3n) is 5.66. The lowest BCUT2D eigenvalue weighted by Gasteiger charge is -2.36. The van der Waals surface area contributed by atoms with Gasteiger partial charge in [0.1, 0.15) is 28.7 Å². The Balaban J connectivity index is 2.36. The molecule has 0 aromatic heterocycles. The van der Waals surface area contributed by atoms with Crippen LogP contribution in [-0.4, -0.2) is 51.7 Å². The van der Waals surface area contributed by atoms with Crippen LogP contribution in [0.4, 0.5) is 5.69 Å². The molecule has 3 rings (SSSR count). The molecule has 2 aliphatic heterocycles. The minimum absolute atomic E-state index is 0.0835. The van der Waals surface area contributed by atoms with E-state index in [4.69, 9.17) is 24.7 Å². The van der Waals surface area contributed by atoms with Crippen molar-refractivity contribution < 1.29 is 38.1 Å². The monoisotopic (exact) mass is 458 g/mol. The van der Waals surface area contributed by atoms with Crippen LogP contribution in [0.15, 0.2) is 47.1 Å². The number of carbonyl (C=O) groups is 4. The van der Waals surface area contributed by atoms with Crippen LogP contribution >= 0.6 is 0 Å². The van der Waals surface area contributed by atoms with E-state index in [-0.39, 0.29) is 23.5 Å². The Morgan fingerprint density at radius 2 is 1.79 bits per heavy atom. The molecule has 10 heteroatoms. The van der Waals surface area contributed by atoms with Gasteiger partial charge < -0.3 is 29.6 Å². The average molecular weight is 458 g/mol. The van der Waals surface area contributed by atoms with E-state index in [0.29, 0.717) is 17.7 Å². The number of rotatable bonds is 7. The van der Waals surface area contributed by atoms with E-state index in [1.54, 1.807) is 24.3 Å². The topological polar surface area (TPSA) is 134 Å². The lowest BCUT2D eigenvalue weighted by molar-refractivity contribution is -0.143. The second-order valence-electron chi connectivity index (χ2n) is 7.50. The summed E-state index contributed by atoms with van der Waals surface area (Å²) in [5.74, 6) is -3.93. The molecule has 0 radical (unpaired) electrons. The van der Waals surface area contributed by atoms with Gasteiger partial charge in [-0.1, -0.05) is 31.5 Å². The normalized spacial score (nSPS) is 19.4. The summed E-state index contributed by atoms with van der Waals surface area (Å²) < 4.78 is 20.6. The number of carbonyl (C=O) groups excluding carboxylic acids is 4. The van der Waals surface area contributed by atoms with Gasteiger partial charge in [0.25, 0.3) is 0 Å². The Kier molecular flexibility index (Phi) is 6.75. The Bertz CT molecular complexity index is 1070. The number of benzene rings is 1. The number of para-hydroxylation sites is 1. The molecule has 0 fully saturated rings. The zero-order chi connectivity index (χ0) is 24.3. The molecule has 0 unspecified atom stereocenters. The Morgan fingerprint density at radius 3 is 2.42 bits per heavy atom. The minimum Gasteiger partial charge on any atom is -0.469 e. The highest BCUT2D eigenvalue weighted by atomic mass is 16.5. The number of hydrogen-bond acceptors (Lipinski definition) is 9. The number of unbranched alkanes of at least 4 members (excludes halogenated alkanes) is 1. The number of likely N-dealkylation sites (N-methyl/N-ethyl adjacent to an activating group) is 1. The number of methoxy groups -OCH3 is 2. The number of ether oxygens (including phenoxy) is 4. The van der Waals surface area contributed by atoms with Crippen molar-refractivity contribution in [2.75, 3.05) is 32.8 Å². The molecule has 2 heterocycles. The highest BCUT2D eigenvalue weighted by Gasteiger charge is 2.63. The fraction of sp³-hybridized carbons (Fsp3) is 0.391. The molecule has 1 atom stereocenters. The van der Waals surface area contributed by atoms with Crippen molar-refractivity contribution in [3.63, 3.8) is 0 Å². The number of hydrogen-bond donors (Lipinski definition) is 1. The van der Waals surface area contributed by atoms with Gasteiger partial charge in [0.05, 0.1) is 20.8 Å². The maximum atomic E-state index is 13.9. The summed E-state index contributed by atoms with van der Waals surface area (Å²) in [4.78, 5) is 53.7. The molecule has 0 bridgehead atoms. The SMILES string of the molecule is CCCCOC(=O)C1=C(N)OC(CC(=O)OC)=C(C(=O)OC)[C@@]12C(=O)N(C)c1ccccc12. The molecule has 2 aliphatic rings. The van der Waals surface area contributed by atoms with E-state index in [9.17, 15) is 19.2 Å². The predicted octanol–water partition coefficient (Wildman–Crippen LogP) is 1.43. The fourth-order valence-electron chi connectivity index (χ4n) is 4.13. The van der Waals surface area contributed by atoms with Crippen LogP contribution in [0.3, 0.4) is 0 Å². The molecular weight excluding hydrogens is 432 g/mol. The van der Waals surface area contributed by atoms with E-state index < -0.39 is 41.5 Å². The molecule has 33 heavy (non-hydrogen) atoms. The first-order valence-corrected chi connectivity index (χ1v) is 10.4. The number of amides is 1. The minimum atomic E-state index is -2.02. The zero-order valence-electron chi connectivity index (χ0n) is 18.9. The summed E-state index contributed by atoms with van der Waals surface area (Å²) in [5, 5.41) is 0. The van der Waals surface area contributed by atoms with E-state index in [1.165, 1.54) is 19.1 Å². The molecule has 1 aromatic carbocycles. The average Bonchev–Trinajstić information content (AvgIpc) is 3.01. The van der Waals surface area contributed by atoms with Crippen LogP contribution in [0.1, 0.15) is 31.7 Å². The first-order valence-electron chi connectivity index (χ1n) is 10.4. The van der Waals surface area contributed by atoms with E-state index in [2.05, 4.69) is 0 Å². The quantitative estimate of drug-likeness (QED) is 0.366. The van der Waals surface area contributed by atoms with Crippen LogP contribution in [0.25, 0.3) is 0 Å². The molecule has 1 amide bonds. The van der Waals surface area contributed by atoms with Crippen molar-refractivity contribution >= 4 is 29.5 Å². The predicted molar refractivity (Wildman–Crippen MR) is 115 cm³/mol. The molecule has 0 saturated heterocycles. The van der Waals surface area contributed by atoms with Crippen molar-refractivity contribution in [1.82, 2.24) is 0 Å². The Labute approximate surface area is 190 Å². The van der Waals surface area contributed by atoms with Gasteiger partial charge in [0, 0.05) is 18.3 Å². The molecule has 2 N–H and O–H groups in total. The lowest BCUT2D eigenvalue weighted by atomic mass is 9.67. The summed E-state index contributed by atoms with van der Waals surface area (Å²) in [7, 11) is 3.80. The standard InChI is InChI=1S/C23H26N2O8/c1-5-6-11-32-21(28)18-19(24)33-15(12-16(26)30-3)17(20(27)31-4)23(18)13-9-7-8-10-14(13)25(2)22(23)29/h7-10H,5-6,11-12,24H2,1-4H3/t23-/m1/s1. The molecule has 10 nitrogen and oxygen atoms in total. The first-order chi connectivity index (χ1) is 15.7. The number of nitrogens with zero attached hydrogens (tertiary/aromatic N) is 1. The van der Waals surface area contributed by atoms with Crippen molar-refractivity contribution in [1.29, 1.82) is 0 Å². The smallest absolute Gasteiger partial charge is 0.341 e. The van der Waals surface area contributed by atoms with Gasteiger partial charge >= 0.3 is 17.9 Å². The summed E-state index contributed by atoms with van der Waals surface area (Å²) in [5.41, 5.74) is 4.25. The third kappa shape index (κ3) is 3.71. The van der Waals surface area contributed by atoms with E-state index in [0.717, 1.165) is 13.5 Å². The zero-order valence-corrected chi connectivity index (χ0v) is 18.9. The van der Waals surface area contributed by atoms with Gasteiger partial charge in [-0.15, -0.1) is 0 Å². The van der Waals surface area contributed by atoms with Gasteiger partial charge in [-0.05, 0) is 12.5 Å². The molecule has 0 saturated carbocycles. The molecule has 1 spiro atoms. The molecular formula is C23H26N2O8. The third-order valence-corrected chi connectivity index (χ3v) is 5.66. The van der Waals surface area contributed by atoms with Gasteiger partial charge in [-0.2, -0.15) is 0 Å². The molecule has 0 aliphatic carbocycles. The van der Waals surface area contributed by atoms with Crippen LogP contribution in [0.5, 0.6) is 0 Å². The summed E-state index contributed by atoms with van der Waals surface area (Å²) >= 11 is 0. The van der Waals surface area contributed by atoms with Crippen LogP contribution < -0.4 is 10.6 Å². The van der Waals surface area contributed by atoms with E-state index >= 15 is 0 Å². The Morgan fingerprint density at radius 1 is 1.09 bits per heavy atom. The maximum Gasteiger partial charge on any atom is 0.341 e. The van der Waals surface area contributed by atoms with Crippen molar-refractivity contribution in [3.05, 3.63) is 52.6 Å². The summed E-state index contributed by atoms with van der Waals surface area (Å²) in [6.07, 6.45) is 0.843. The van der Waals surface area contributed by atoms with Gasteiger partial charge in [0.2, 0.25) is 11.8 Å². The van der Waals surface area contributed by atoms with Gasteiger partial charge in [-0.25, -0.2) is 9.59 Å². The van der Waals surface area contributed by atoms with Crippen LogP contribution in [0.2, 0.25) is 0 Å². The fourth-order valence-corrected chi connectivity index (χ4v) is 4.13. The van der Waals surface area contributed by atoms with Crippen molar-refractivity contribution in [2.45, 2.75) is 31.6 Å². The van der Waals surface area contributed by atoms with Crippen LogP contribution in [0, 0.1) is 0 Å². The van der Waals surface area contributed by atoms with Gasteiger partial charge in [0.15, 0.2) is 0 Å². The Hall–Kier alpha value is -3.82. The largest absolute Gasteiger partial charge is 0.469 e. The number of esters is 3. The van der Waals surface area contributed by atoms with Crippen molar-refractivity contribution in [3.8, 4) is 0 Å². The second kappa shape index (κ2) is 9.35. The molecule has 176 valence electrons. The maximum absolute atomic E-state index is 13.9. The van der Waals surface area contributed by atoms with E-state index in [1.807, 2.05) is 6.92 Å². The second-order valence-corrected chi connectivity index (χ2v) is 7.50. The highest BCUT2D eigenvalue weighted by molar-refractivity contribution is 6.22. The van der Waals surface area contributed by atoms with Gasteiger partial charge in [-0.3, -0.25) is 9.59 Å². The first kappa shape index (κ1) is 23.8. The van der Waals surface area contributed by atoms with Crippen molar-refractivity contribution in [2.24, 2.45) is 5.73 Å². The van der Waals surface area contributed by atoms with Crippen LogP contribution in [-0.2, 0) is 43.5 Å². The lowest BCUT2D eigenvalue weighted by Crippen LogP contribution is -2.50. The number of fused-ring (bicyclic) bond motifs is 2.